The second-order valence-electron chi connectivity index (χ2n) is 12.5. The van der Waals surface area contributed by atoms with Crippen LogP contribution in [0.3, 0.4) is 0 Å². The summed E-state index contributed by atoms with van der Waals surface area (Å²) < 4.78 is 15.0. The molecule has 210 valence electrons. The molecule has 1 saturated heterocycles. The van der Waals surface area contributed by atoms with E-state index in [1.807, 2.05) is 6.07 Å². The summed E-state index contributed by atoms with van der Waals surface area (Å²) in [5, 5.41) is 19.9. The second-order valence-corrected chi connectivity index (χ2v) is 13.4. The van der Waals surface area contributed by atoms with E-state index in [2.05, 4.69) is 36.7 Å². The first kappa shape index (κ1) is 28.3. The molecule has 1 saturated carbocycles. The van der Waals surface area contributed by atoms with Gasteiger partial charge in [0.1, 0.15) is 11.2 Å². The highest BCUT2D eigenvalue weighted by Gasteiger charge is 2.65. The third kappa shape index (κ3) is 5.31. The van der Waals surface area contributed by atoms with Crippen molar-refractivity contribution in [2.45, 2.75) is 82.4 Å². The Kier molecular flexibility index (Phi) is 7.74. The Bertz CT molecular complexity index is 1270. The van der Waals surface area contributed by atoms with Crippen molar-refractivity contribution in [3.63, 3.8) is 0 Å². The molecule has 2 amide bonds. The Morgan fingerprint density at radius 3 is 2.54 bits per heavy atom. The van der Waals surface area contributed by atoms with E-state index in [0.29, 0.717) is 29.2 Å². The number of aliphatic hydroxyl groups is 1. The molecule has 5 rings (SSSR count). The number of amides is 2. The van der Waals surface area contributed by atoms with Gasteiger partial charge in [-0.1, -0.05) is 56.1 Å². The average molecular weight is 577 g/mol. The van der Waals surface area contributed by atoms with Crippen LogP contribution in [0.15, 0.2) is 36.4 Å². The minimum atomic E-state index is -1.27. The van der Waals surface area contributed by atoms with Gasteiger partial charge in [-0.15, -0.1) is 0 Å². The number of anilines is 1. The van der Waals surface area contributed by atoms with Crippen LogP contribution in [0.1, 0.15) is 69.9 Å². The molecule has 2 aliphatic heterocycles. The number of halogens is 3. The molecule has 2 aromatic carbocycles. The van der Waals surface area contributed by atoms with Crippen LogP contribution in [0.2, 0.25) is 10.0 Å². The van der Waals surface area contributed by atoms with E-state index in [9.17, 15) is 19.1 Å². The average Bonchev–Trinajstić information content (AvgIpc) is 3.33. The molecule has 0 unspecified atom stereocenters. The van der Waals surface area contributed by atoms with Crippen LogP contribution in [0.25, 0.3) is 0 Å². The van der Waals surface area contributed by atoms with Gasteiger partial charge in [0, 0.05) is 29.2 Å². The lowest BCUT2D eigenvalue weighted by molar-refractivity contribution is -0.124. The molecule has 0 radical (unpaired) electrons. The van der Waals surface area contributed by atoms with Gasteiger partial charge in [0.15, 0.2) is 0 Å². The Balaban J connectivity index is 1.60. The van der Waals surface area contributed by atoms with Gasteiger partial charge in [-0.2, -0.15) is 0 Å². The first-order chi connectivity index (χ1) is 18.4. The molecule has 9 heteroatoms. The quantitative estimate of drug-likeness (QED) is 0.376. The van der Waals surface area contributed by atoms with Crippen molar-refractivity contribution < 1.29 is 19.1 Å². The smallest absolute Gasteiger partial charge is 0.237 e. The summed E-state index contributed by atoms with van der Waals surface area (Å²) >= 11 is 12.5. The highest BCUT2D eigenvalue weighted by atomic mass is 35.5. The minimum absolute atomic E-state index is 0.0735. The monoisotopic (exact) mass is 575 g/mol. The van der Waals surface area contributed by atoms with Gasteiger partial charge >= 0.3 is 0 Å². The van der Waals surface area contributed by atoms with Crippen LogP contribution in [-0.2, 0) is 15.0 Å². The molecule has 39 heavy (non-hydrogen) atoms. The van der Waals surface area contributed by atoms with E-state index in [4.69, 9.17) is 23.2 Å². The van der Waals surface area contributed by atoms with Crippen molar-refractivity contribution in [3.8, 4) is 0 Å². The summed E-state index contributed by atoms with van der Waals surface area (Å²) in [5.41, 5.74) is 0.214. The zero-order valence-corrected chi connectivity index (χ0v) is 24.0. The number of fused-ring (bicyclic) bond motifs is 2. The van der Waals surface area contributed by atoms with E-state index in [0.717, 1.165) is 31.2 Å². The van der Waals surface area contributed by atoms with Gasteiger partial charge in [0.2, 0.25) is 11.8 Å². The summed E-state index contributed by atoms with van der Waals surface area (Å²) in [7, 11) is 0. The third-order valence-electron chi connectivity index (χ3n) is 8.57. The fourth-order valence-corrected chi connectivity index (χ4v) is 7.20. The van der Waals surface area contributed by atoms with E-state index in [1.54, 1.807) is 18.2 Å². The van der Waals surface area contributed by atoms with E-state index in [-0.39, 0.29) is 34.3 Å². The van der Waals surface area contributed by atoms with Crippen molar-refractivity contribution in [2.24, 2.45) is 11.3 Å². The minimum Gasteiger partial charge on any atom is -0.393 e. The molecule has 2 heterocycles. The van der Waals surface area contributed by atoms with Crippen molar-refractivity contribution in [2.75, 3.05) is 11.9 Å². The van der Waals surface area contributed by atoms with Gasteiger partial charge in [0.05, 0.1) is 17.2 Å². The lowest BCUT2D eigenvalue weighted by atomic mass is 9.62. The standard InChI is InChI=1S/C30H36Cl2FN3O3/c1-29(2,3)14-24-30(20-12-22(33)21(32)13-23(20)35-28(30)39)25(17-5-4-6-18(31)11-17)26(36-24)27(38)34-15-16-7-9-19(37)10-8-16/h4-6,11-13,16,19,24-26,36-37H,7-10,14-15H2,1-3H3,(H,34,38)(H,35,39)/t16?,19?,24-,25+,26-,30+/m1/s1. The fourth-order valence-electron chi connectivity index (χ4n) is 6.84. The van der Waals surface area contributed by atoms with Crippen molar-refractivity contribution in [3.05, 3.63) is 63.4 Å². The van der Waals surface area contributed by atoms with Crippen LogP contribution < -0.4 is 16.0 Å². The van der Waals surface area contributed by atoms with Gasteiger partial charge in [0.25, 0.3) is 0 Å². The Labute approximate surface area is 239 Å². The molecule has 0 bridgehead atoms. The van der Waals surface area contributed by atoms with Gasteiger partial charge < -0.3 is 21.1 Å². The maximum atomic E-state index is 15.0. The number of hydrogen-bond acceptors (Lipinski definition) is 4. The highest BCUT2D eigenvalue weighted by molar-refractivity contribution is 6.31. The molecular formula is C30H36Cl2FN3O3. The molecule has 4 N–H and O–H groups in total. The Morgan fingerprint density at radius 2 is 1.87 bits per heavy atom. The second kappa shape index (κ2) is 10.7. The lowest BCUT2D eigenvalue weighted by Crippen LogP contribution is -2.49. The SMILES string of the molecule is CC(C)(C)C[C@H]1N[C@@H](C(=O)NCC2CCC(O)CC2)[C@H](c2cccc(Cl)c2)[C@@]12C(=O)Nc1cc(Cl)c(F)cc12. The molecule has 1 aliphatic carbocycles. The number of nitrogens with one attached hydrogen (secondary N) is 3. The van der Waals surface area contributed by atoms with E-state index in [1.165, 1.54) is 12.1 Å². The fraction of sp³-hybridized carbons (Fsp3) is 0.533. The van der Waals surface area contributed by atoms with Crippen molar-refractivity contribution in [1.82, 2.24) is 10.6 Å². The molecule has 6 nitrogen and oxygen atoms in total. The maximum absolute atomic E-state index is 15.0. The number of hydrogen-bond donors (Lipinski definition) is 4. The number of benzene rings is 2. The van der Waals surface area contributed by atoms with Crippen LogP contribution in [0.5, 0.6) is 0 Å². The van der Waals surface area contributed by atoms with Crippen molar-refractivity contribution >= 4 is 40.7 Å². The van der Waals surface area contributed by atoms with Crippen LogP contribution in [0, 0.1) is 17.2 Å². The summed E-state index contributed by atoms with van der Waals surface area (Å²) in [5.74, 6) is -1.48. The number of carbonyl (C=O) groups is 2. The van der Waals surface area contributed by atoms with Crippen LogP contribution in [0.4, 0.5) is 10.1 Å². The predicted molar refractivity (Wildman–Crippen MR) is 152 cm³/mol. The number of rotatable bonds is 5. The largest absolute Gasteiger partial charge is 0.393 e. The summed E-state index contributed by atoms with van der Waals surface area (Å²) in [6, 6.07) is 8.78. The van der Waals surface area contributed by atoms with Gasteiger partial charge in [-0.05, 0) is 78.8 Å². The molecule has 1 spiro atoms. The molecular weight excluding hydrogens is 540 g/mol. The van der Waals surface area contributed by atoms with E-state index >= 15 is 0 Å². The van der Waals surface area contributed by atoms with Crippen LogP contribution in [-0.4, -0.2) is 41.7 Å². The van der Waals surface area contributed by atoms with Crippen molar-refractivity contribution in [1.29, 1.82) is 0 Å². The van der Waals surface area contributed by atoms with Crippen LogP contribution >= 0.6 is 23.2 Å². The molecule has 0 aromatic heterocycles. The maximum Gasteiger partial charge on any atom is 0.237 e. The third-order valence-corrected chi connectivity index (χ3v) is 9.10. The molecule has 2 fully saturated rings. The molecule has 2 aromatic rings. The Hall–Kier alpha value is -2.19. The topological polar surface area (TPSA) is 90.5 Å². The first-order valence-electron chi connectivity index (χ1n) is 13.7. The number of aliphatic hydroxyl groups excluding tert-OH is 1. The molecule has 4 atom stereocenters. The zero-order valence-electron chi connectivity index (χ0n) is 22.5. The Morgan fingerprint density at radius 1 is 1.15 bits per heavy atom. The lowest BCUT2D eigenvalue weighted by Gasteiger charge is -2.37. The molecule has 3 aliphatic rings. The van der Waals surface area contributed by atoms with E-state index < -0.39 is 29.2 Å². The number of carbonyl (C=O) groups excluding carboxylic acids is 2. The normalized spacial score (nSPS) is 30.3. The summed E-state index contributed by atoms with van der Waals surface area (Å²) in [6.07, 6.45) is 3.46. The van der Waals surface area contributed by atoms with Gasteiger partial charge in [-0.25, -0.2) is 4.39 Å². The predicted octanol–water partition coefficient (Wildman–Crippen LogP) is 5.55. The summed E-state index contributed by atoms with van der Waals surface area (Å²) in [4.78, 5) is 28.1. The zero-order chi connectivity index (χ0) is 28.1. The first-order valence-corrected chi connectivity index (χ1v) is 14.4. The highest BCUT2D eigenvalue weighted by Crippen LogP contribution is 2.57. The van der Waals surface area contributed by atoms with Gasteiger partial charge in [-0.3, -0.25) is 9.59 Å². The summed E-state index contributed by atoms with van der Waals surface area (Å²) in [6.45, 7) is 6.74.